The van der Waals surface area contributed by atoms with Crippen molar-refractivity contribution >= 4 is 23.2 Å². The van der Waals surface area contributed by atoms with Crippen LogP contribution in [0.5, 0.6) is 0 Å². The van der Waals surface area contributed by atoms with Crippen LogP contribution in [0.25, 0.3) is 0 Å². The Bertz CT molecular complexity index is 570. The van der Waals surface area contributed by atoms with Gasteiger partial charge in [-0.25, -0.2) is 0 Å². The molecule has 0 saturated carbocycles. The van der Waals surface area contributed by atoms with Crippen LogP contribution in [0.1, 0.15) is 46.5 Å². The van der Waals surface area contributed by atoms with Crippen LogP contribution in [0.15, 0.2) is 24.3 Å². The van der Waals surface area contributed by atoms with E-state index in [-0.39, 0.29) is 18.4 Å². The molecule has 5 nitrogen and oxygen atoms in total. The topological polar surface area (TPSA) is 61.4 Å². The van der Waals surface area contributed by atoms with Gasteiger partial charge in [-0.2, -0.15) is 0 Å². The molecule has 2 amide bonds. The molecule has 24 heavy (non-hydrogen) atoms. The molecule has 2 rings (SSSR count). The number of benzene rings is 1. The van der Waals surface area contributed by atoms with E-state index < -0.39 is 5.41 Å². The van der Waals surface area contributed by atoms with Gasteiger partial charge in [0.05, 0.1) is 6.54 Å². The van der Waals surface area contributed by atoms with Crippen molar-refractivity contribution in [1.29, 1.82) is 0 Å². The molecule has 2 N–H and O–H groups in total. The second-order valence-corrected chi connectivity index (χ2v) is 7.43. The van der Waals surface area contributed by atoms with Crippen molar-refractivity contribution in [2.45, 2.75) is 46.5 Å². The van der Waals surface area contributed by atoms with E-state index in [1.54, 1.807) is 0 Å². The number of nitrogens with one attached hydrogen (secondary N) is 2. The molecule has 0 radical (unpaired) electrons. The summed E-state index contributed by atoms with van der Waals surface area (Å²) in [6.07, 6.45) is 4.62. The number of hydrogen-bond donors (Lipinski definition) is 2. The molecule has 1 aromatic rings. The summed E-state index contributed by atoms with van der Waals surface area (Å²) in [4.78, 5) is 26.3. The fourth-order valence-corrected chi connectivity index (χ4v) is 2.64. The number of likely N-dealkylation sites (tertiary alicyclic amines) is 1. The van der Waals surface area contributed by atoms with E-state index in [1.807, 2.05) is 49.9 Å². The first-order valence-corrected chi connectivity index (χ1v) is 8.79. The Balaban J connectivity index is 1.89. The van der Waals surface area contributed by atoms with Crippen molar-refractivity contribution in [3.63, 3.8) is 0 Å². The van der Waals surface area contributed by atoms with Crippen LogP contribution in [-0.2, 0) is 9.59 Å². The highest BCUT2D eigenvalue weighted by molar-refractivity contribution is 5.95. The van der Waals surface area contributed by atoms with Gasteiger partial charge in [0.2, 0.25) is 11.8 Å². The van der Waals surface area contributed by atoms with E-state index in [1.165, 1.54) is 12.8 Å². The summed E-state index contributed by atoms with van der Waals surface area (Å²) in [6.45, 7) is 7.65. The summed E-state index contributed by atoms with van der Waals surface area (Å²) in [5.41, 5.74) is 1.14. The van der Waals surface area contributed by atoms with Crippen molar-refractivity contribution in [1.82, 2.24) is 4.90 Å². The zero-order chi connectivity index (χ0) is 17.6. The maximum Gasteiger partial charge on any atom is 0.241 e. The number of hydrogen-bond acceptors (Lipinski definition) is 3. The molecule has 0 unspecified atom stereocenters. The summed E-state index contributed by atoms with van der Waals surface area (Å²) in [5.74, 6) is 0.112. The Morgan fingerprint density at radius 2 is 1.67 bits per heavy atom. The second-order valence-electron chi connectivity index (χ2n) is 7.43. The lowest BCUT2D eigenvalue weighted by molar-refractivity contribution is -0.129. The lowest BCUT2D eigenvalue weighted by Crippen LogP contribution is -2.36. The highest BCUT2D eigenvalue weighted by Crippen LogP contribution is 2.20. The van der Waals surface area contributed by atoms with Crippen LogP contribution in [0.2, 0.25) is 0 Å². The molecule has 1 aliphatic heterocycles. The number of amides is 2. The SMILES string of the molecule is CC(C)(C)C(=O)Nc1cccc(NCC(=O)N2CCCCCC2)c1. The third-order valence-electron chi connectivity index (χ3n) is 4.20. The normalized spacial score (nSPS) is 15.5. The van der Waals surface area contributed by atoms with E-state index in [2.05, 4.69) is 10.6 Å². The highest BCUT2D eigenvalue weighted by Gasteiger charge is 2.21. The maximum absolute atomic E-state index is 12.3. The highest BCUT2D eigenvalue weighted by atomic mass is 16.2. The van der Waals surface area contributed by atoms with Gasteiger partial charge >= 0.3 is 0 Å². The summed E-state index contributed by atoms with van der Waals surface area (Å²) < 4.78 is 0. The fourth-order valence-electron chi connectivity index (χ4n) is 2.64. The van der Waals surface area contributed by atoms with Crippen molar-refractivity contribution in [3.8, 4) is 0 Å². The number of carbonyl (C=O) groups excluding carboxylic acids is 2. The number of nitrogens with zero attached hydrogens (tertiary/aromatic N) is 1. The molecular formula is C19H29N3O2. The van der Waals surface area contributed by atoms with Crippen LogP contribution < -0.4 is 10.6 Å². The minimum Gasteiger partial charge on any atom is -0.376 e. The Labute approximate surface area is 144 Å². The van der Waals surface area contributed by atoms with Gasteiger partial charge in [-0.3, -0.25) is 9.59 Å². The monoisotopic (exact) mass is 331 g/mol. The van der Waals surface area contributed by atoms with Gasteiger partial charge < -0.3 is 15.5 Å². The van der Waals surface area contributed by atoms with Crippen LogP contribution in [0.4, 0.5) is 11.4 Å². The summed E-state index contributed by atoms with van der Waals surface area (Å²) >= 11 is 0. The standard InChI is InChI=1S/C19H29N3O2/c1-19(2,3)18(24)21-16-10-8-9-15(13-16)20-14-17(23)22-11-6-4-5-7-12-22/h8-10,13,20H,4-7,11-12,14H2,1-3H3,(H,21,24). The predicted octanol–water partition coefficient (Wildman–Crippen LogP) is 3.49. The molecule has 0 aromatic heterocycles. The minimum atomic E-state index is -0.438. The molecule has 0 aliphatic carbocycles. The van der Waals surface area contributed by atoms with Gasteiger partial charge in [-0.05, 0) is 31.0 Å². The average molecular weight is 331 g/mol. The zero-order valence-corrected chi connectivity index (χ0v) is 15.0. The van der Waals surface area contributed by atoms with E-state index in [4.69, 9.17) is 0 Å². The van der Waals surface area contributed by atoms with Crippen LogP contribution >= 0.6 is 0 Å². The molecule has 1 saturated heterocycles. The van der Waals surface area contributed by atoms with Gasteiger partial charge in [0.15, 0.2) is 0 Å². The summed E-state index contributed by atoms with van der Waals surface area (Å²) in [5, 5.41) is 6.08. The van der Waals surface area contributed by atoms with Gasteiger partial charge in [0, 0.05) is 29.9 Å². The van der Waals surface area contributed by atoms with Crippen LogP contribution in [0.3, 0.4) is 0 Å². The van der Waals surface area contributed by atoms with Crippen LogP contribution in [0, 0.1) is 5.41 Å². The molecule has 132 valence electrons. The number of anilines is 2. The van der Waals surface area contributed by atoms with Crippen molar-refractivity contribution < 1.29 is 9.59 Å². The van der Waals surface area contributed by atoms with E-state index in [0.717, 1.165) is 37.3 Å². The van der Waals surface area contributed by atoms with Gasteiger partial charge in [0.25, 0.3) is 0 Å². The zero-order valence-electron chi connectivity index (χ0n) is 15.0. The molecule has 0 atom stereocenters. The van der Waals surface area contributed by atoms with Crippen molar-refractivity contribution in [2.24, 2.45) is 5.41 Å². The Morgan fingerprint density at radius 3 is 2.29 bits per heavy atom. The second kappa shape index (κ2) is 8.18. The first-order chi connectivity index (χ1) is 11.4. The molecule has 1 fully saturated rings. The smallest absolute Gasteiger partial charge is 0.241 e. The Morgan fingerprint density at radius 1 is 1.04 bits per heavy atom. The quantitative estimate of drug-likeness (QED) is 0.888. The molecular weight excluding hydrogens is 302 g/mol. The first-order valence-electron chi connectivity index (χ1n) is 8.79. The van der Waals surface area contributed by atoms with Gasteiger partial charge in [-0.1, -0.05) is 39.7 Å². The number of carbonyl (C=O) groups is 2. The van der Waals surface area contributed by atoms with Crippen LogP contribution in [-0.4, -0.2) is 36.3 Å². The lowest BCUT2D eigenvalue weighted by Gasteiger charge is -2.21. The molecule has 5 heteroatoms. The van der Waals surface area contributed by atoms with Gasteiger partial charge in [0.1, 0.15) is 0 Å². The van der Waals surface area contributed by atoms with Crippen molar-refractivity contribution in [3.05, 3.63) is 24.3 Å². The lowest BCUT2D eigenvalue weighted by atomic mass is 9.95. The Hall–Kier alpha value is -2.04. The summed E-state index contributed by atoms with van der Waals surface area (Å²) in [6, 6.07) is 7.49. The first kappa shape index (κ1) is 18.3. The molecule has 0 bridgehead atoms. The van der Waals surface area contributed by atoms with E-state index >= 15 is 0 Å². The molecule has 0 spiro atoms. The molecule has 1 aliphatic rings. The third-order valence-corrected chi connectivity index (χ3v) is 4.20. The summed E-state index contributed by atoms with van der Waals surface area (Å²) in [7, 11) is 0. The maximum atomic E-state index is 12.3. The van der Waals surface area contributed by atoms with E-state index in [9.17, 15) is 9.59 Å². The predicted molar refractivity (Wildman–Crippen MR) is 98.1 cm³/mol. The van der Waals surface area contributed by atoms with E-state index in [0.29, 0.717) is 0 Å². The number of rotatable bonds is 4. The fraction of sp³-hybridized carbons (Fsp3) is 0.579. The minimum absolute atomic E-state index is 0.0275. The van der Waals surface area contributed by atoms with Crippen molar-refractivity contribution in [2.75, 3.05) is 30.3 Å². The third kappa shape index (κ3) is 5.55. The van der Waals surface area contributed by atoms with Gasteiger partial charge in [-0.15, -0.1) is 0 Å². The molecule has 1 aromatic carbocycles. The average Bonchev–Trinajstić information content (AvgIpc) is 2.81. The molecule has 1 heterocycles. The Kier molecular flexibility index (Phi) is 6.23. The largest absolute Gasteiger partial charge is 0.376 e.